The Morgan fingerprint density at radius 1 is 1.39 bits per heavy atom. The molecule has 0 unspecified atom stereocenters. The molecular weight excluding hydrogens is 230 g/mol. The van der Waals surface area contributed by atoms with E-state index in [9.17, 15) is 9.59 Å². The highest BCUT2D eigenvalue weighted by molar-refractivity contribution is 6.14. The third-order valence-electron chi connectivity index (χ3n) is 2.90. The van der Waals surface area contributed by atoms with Gasteiger partial charge in [0.1, 0.15) is 0 Å². The Balaban J connectivity index is 2.49. The maximum Gasteiger partial charge on any atom is 0.338 e. The molecule has 0 bridgehead atoms. The number of carbonyl (C=O) groups is 2. The van der Waals surface area contributed by atoms with E-state index in [0.717, 1.165) is 5.56 Å². The van der Waals surface area contributed by atoms with Gasteiger partial charge in [0.25, 0.3) is 0 Å². The summed E-state index contributed by atoms with van der Waals surface area (Å²) in [7, 11) is 5.07. The van der Waals surface area contributed by atoms with Crippen LogP contribution in [0.15, 0.2) is 30.0 Å². The fourth-order valence-electron chi connectivity index (χ4n) is 2.15. The molecule has 1 aliphatic carbocycles. The van der Waals surface area contributed by atoms with E-state index >= 15 is 0 Å². The van der Waals surface area contributed by atoms with Crippen LogP contribution < -0.4 is 0 Å². The molecule has 4 nitrogen and oxygen atoms in total. The van der Waals surface area contributed by atoms with Crippen molar-refractivity contribution in [3.05, 3.63) is 46.7 Å². The van der Waals surface area contributed by atoms with E-state index < -0.39 is 5.97 Å². The molecule has 1 aromatic rings. The molecule has 0 amide bonds. The molecule has 0 atom stereocenters. The van der Waals surface area contributed by atoms with Crippen LogP contribution in [-0.2, 0) is 11.2 Å². The van der Waals surface area contributed by atoms with Crippen molar-refractivity contribution in [2.75, 3.05) is 21.2 Å². The highest BCUT2D eigenvalue weighted by Crippen LogP contribution is 2.29. The minimum Gasteiger partial charge on any atom is -0.465 e. The molecule has 1 aromatic carbocycles. The average Bonchev–Trinajstić information content (AvgIpc) is 2.65. The second-order valence-corrected chi connectivity index (χ2v) is 4.45. The zero-order valence-corrected chi connectivity index (χ0v) is 10.7. The van der Waals surface area contributed by atoms with Crippen molar-refractivity contribution >= 4 is 11.8 Å². The molecule has 0 spiro atoms. The Morgan fingerprint density at radius 2 is 2.11 bits per heavy atom. The van der Waals surface area contributed by atoms with Crippen LogP contribution in [0.5, 0.6) is 0 Å². The lowest BCUT2D eigenvalue weighted by Gasteiger charge is -2.05. The van der Waals surface area contributed by atoms with Gasteiger partial charge in [0.05, 0.1) is 12.7 Å². The lowest BCUT2D eigenvalue weighted by atomic mass is 10.0. The maximum absolute atomic E-state index is 12.1. The summed E-state index contributed by atoms with van der Waals surface area (Å²) < 4.78 is 4.73. The van der Waals surface area contributed by atoms with Gasteiger partial charge in [-0.25, -0.2) is 4.79 Å². The summed E-state index contributed by atoms with van der Waals surface area (Å²) in [6.07, 6.45) is 2.28. The molecule has 0 aliphatic heterocycles. The summed E-state index contributed by atoms with van der Waals surface area (Å²) in [5.41, 5.74) is 2.55. The highest BCUT2D eigenvalue weighted by Gasteiger charge is 2.29. The summed E-state index contributed by atoms with van der Waals surface area (Å²) in [5.74, 6) is -0.407. The molecule has 18 heavy (non-hydrogen) atoms. The number of benzene rings is 1. The number of nitrogens with zero attached hydrogens (tertiary/aromatic N) is 1. The monoisotopic (exact) mass is 245 g/mol. The van der Waals surface area contributed by atoms with Crippen LogP contribution in [0.25, 0.3) is 0 Å². The van der Waals surface area contributed by atoms with Gasteiger partial charge in [0, 0.05) is 37.9 Å². The van der Waals surface area contributed by atoms with Crippen molar-refractivity contribution in [2.45, 2.75) is 6.42 Å². The number of allylic oxidation sites excluding steroid dienone is 1. The van der Waals surface area contributed by atoms with E-state index in [1.54, 1.807) is 24.4 Å². The van der Waals surface area contributed by atoms with Gasteiger partial charge in [0.15, 0.2) is 5.78 Å². The number of Topliss-reactive ketones (excluding diaryl/α,β-unsaturated/α-hetero) is 1. The third kappa shape index (κ3) is 2.01. The summed E-state index contributed by atoms with van der Waals surface area (Å²) in [6, 6.07) is 5.15. The average molecular weight is 245 g/mol. The Kier molecular flexibility index (Phi) is 3.19. The molecule has 2 rings (SSSR count). The lowest BCUT2D eigenvalue weighted by molar-refractivity contribution is 0.0599. The summed E-state index contributed by atoms with van der Waals surface area (Å²) in [4.78, 5) is 25.6. The second kappa shape index (κ2) is 4.64. The highest BCUT2D eigenvalue weighted by atomic mass is 16.5. The van der Waals surface area contributed by atoms with Crippen LogP contribution in [0.4, 0.5) is 0 Å². The van der Waals surface area contributed by atoms with Gasteiger partial charge in [-0.15, -0.1) is 0 Å². The van der Waals surface area contributed by atoms with E-state index in [-0.39, 0.29) is 5.78 Å². The van der Waals surface area contributed by atoms with Crippen LogP contribution in [0.3, 0.4) is 0 Å². The van der Waals surface area contributed by atoms with E-state index in [1.807, 2.05) is 19.0 Å². The maximum atomic E-state index is 12.1. The number of rotatable bonds is 2. The van der Waals surface area contributed by atoms with Gasteiger partial charge in [-0.3, -0.25) is 4.79 Å². The normalized spacial score (nSPS) is 15.7. The largest absolute Gasteiger partial charge is 0.465 e. The molecule has 0 aromatic heterocycles. The van der Waals surface area contributed by atoms with Crippen molar-refractivity contribution in [3.8, 4) is 0 Å². The number of ether oxygens (including phenoxy) is 1. The van der Waals surface area contributed by atoms with Crippen molar-refractivity contribution in [1.82, 2.24) is 4.90 Å². The first-order valence-electron chi connectivity index (χ1n) is 5.66. The number of fused-ring (bicyclic) bond motifs is 1. The third-order valence-corrected chi connectivity index (χ3v) is 2.90. The van der Waals surface area contributed by atoms with E-state index in [0.29, 0.717) is 23.1 Å². The van der Waals surface area contributed by atoms with Crippen molar-refractivity contribution in [3.63, 3.8) is 0 Å². The first-order valence-corrected chi connectivity index (χ1v) is 5.66. The van der Waals surface area contributed by atoms with Crippen LogP contribution in [-0.4, -0.2) is 37.9 Å². The summed E-state index contributed by atoms with van der Waals surface area (Å²) >= 11 is 0. The SMILES string of the molecule is COC(=O)c1cccc2c1CC(=CN(C)C)C2=O. The zero-order valence-electron chi connectivity index (χ0n) is 10.7. The van der Waals surface area contributed by atoms with Crippen LogP contribution in [0.1, 0.15) is 26.3 Å². The minimum atomic E-state index is -0.397. The van der Waals surface area contributed by atoms with Crippen LogP contribution in [0.2, 0.25) is 0 Å². The number of carbonyl (C=O) groups excluding carboxylic acids is 2. The van der Waals surface area contributed by atoms with E-state index in [1.165, 1.54) is 7.11 Å². The first-order chi connectivity index (χ1) is 8.54. The summed E-state index contributed by atoms with van der Waals surface area (Å²) in [5, 5.41) is 0. The topological polar surface area (TPSA) is 46.6 Å². The molecule has 0 fully saturated rings. The standard InChI is InChI=1S/C14H15NO3/c1-15(2)8-9-7-12-10(13(9)16)5-4-6-11(12)14(17)18-3/h4-6,8H,7H2,1-3H3. The molecule has 0 saturated carbocycles. The quantitative estimate of drug-likeness (QED) is 0.587. The minimum absolute atomic E-state index is 0.00977. The Labute approximate surface area is 106 Å². The Hall–Kier alpha value is -2.10. The Morgan fingerprint density at radius 3 is 2.72 bits per heavy atom. The predicted octanol–water partition coefficient (Wildman–Crippen LogP) is 1.66. The van der Waals surface area contributed by atoms with Crippen molar-refractivity contribution in [2.24, 2.45) is 0 Å². The first kappa shape index (κ1) is 12.4. The number of methoxy groups -OCH3 is 1. The molecule has 4 heteroatoms. The van der Waals surface area contributed by atoms with Gasteiger partial charge in [-0.2, -0.15) is 0 Å². The van der Waals surface area contributed by atoms with Gasteiger partial charge in [-0.1, -0.05) is 12.1 Å². The Bertz CT molecular complexity index is 544. The predicted molar refractivity (Wildman–Crippen MR) is 67.6 cm³/mol. The molecular formula is C14H15NO3. The van der Waals surface area contributed by atoms with Crippen molar-refractivity contribution < 1.29 is 14.3 Å². The number of esters is 1. The van der Waals surface area contributed by atoms with Crippen LogP contribution in [0, 0.1) is 0 Å². The van der Waals surface area contributed by atoms with Gasteiger partial charge in [-0.05, 0) is 11.6 Å². The fourth-order valence-corrected chi connectivity index (χ4v) is 2.15. The molecule has 0 N–H and O–H groups in total. The molecule has 0 saturated heterocycles. The zero-order chi connectivity index (χ0) is 13.3. The van der Waals surface area contributed by atoms with E-state index in [4.69, 9.17) is 4.74 Å². The van der Waals surface area contributed by atoms with Gasteiger partial charge >= 0.3 is 5.97 Å². The van der Waals surface area contributed by atoms with Crippen molar-refractivity contribution in [1.29, 1.82) is 0 Å². The molecule has 1 aliphatic rings. The lowest BCUT2D eigenvalue weighted by Crippen LogP contribution is -2.06. The summed E-state index contributed by atoms with van der Waals surface area (Å²) in [6.45, 7) is 0. The smallest absolute Gasteiger partial charge is 0.338 e. The van der Waals surface area contributed by atoms with Gasteiger partial charge < -0.3 is 9.64 Å². The number of hydrogen-bond donors (Lipinski definition) is 0. The molecule has 0 heterocycles. The second-order valence-electron chi connectivity index (χ2n) is 4.45. The van der Waals surface area contributed by atoms with E-state index in [2.05, 4.69) is 0 Å². The molecule has 0 radical (unpaired) electrons. The fraction of sp³-hybridized carbons (Fsp3) is 0.286. The number of hydrogen-bond acceptors (Lipinski definition) is 4. The number of ketones is 1. The van der Waals surface area contributed by atoms with Gasteiger partial charge in [0.2, 0.25) is 0 Å². The van der Waals surface area contributed by atoms with Crippen LogP contribution >= 0.6 is 0 Å². The molecule has 94 valence electrons.